The fourth-order valence-corrected chi connectivity index (χ4v) is 4.08. The number of nitrogens with zero attached hydrogens (tertiary/aromatic N) is 1. The summed E-state index contributed by atoms with van der Waals surface area (Å²) in [6, 6.07) is 11.9. The van der Waals surface area contributed by atoms with Crippen molar-refractivity contribution in [3.8, 4) is 0 Å². The van der Waals surface area contributed by atoms with Crippen LogP contribution in [0.1, 0.15) is 53.5 Å². The Kier molecular flexibility index (Phi) is 4.95. The van der Waals surface area contributed by atoms with E-state index in [2.05, 4.69) is 24.4 Å². The predicted molar refractivity (Wildman–Crippen MR) is 101 cm³/mol. The third-order valence-corrected chi connectivity index (χ3v) is 5.64. The lowest BCUT2D eigenvalue weighted by Crippen LogP contribution is -2.55. The van der Waals surface area contributed by atoms with Gasteiger partial charge in [-0.05, 0) is 56.2 Å². The quantitative estimate of drug-likeness (QED) is 0.902. The van der Waals surface area contributed by atoms with Gasteiger partial charge in [0.05, 0.1) is 10.9 Å². The number of likely N-dealkylation sites (tertiary alicyclic amines) is 1. The van der Waals surface area contributed by atoms with Gasteiger partial charge in [0, 0.05) is 6.54 Å². The lowest BCUT2D eigenvalue weighted by molar-refractivity contribution is -0.137. The molecule has 1 aromatic heterocycles. The summed E-state index contributed by atoms with van der Waals surface area (Å²) in [6.45, 7) is 6.39. The van der Waals surface area contributed by atoms with Gasteiger partial charge in [-0.25, -0.2) is 0 Å². The lowest BCUT2D eigenvalue weighted by atomic mass is 9.97. The number of rotatable bonds is 4. The van der Waals surface area contributed by atoms with Crippen LogP contribution in [-0.4, -0.2) is 28.8 Å². The summed E-state index contributed by atoms with van der Waals surface area (Å²) in [4.78, 5) is 28.1. The Morgan fingerprint density at radius 3 is 2.64 bits per heavy atom. The zero-order valence-corrected chi connectivity index (χ0v) is 15.7. The van der Waals surface area contributed by atoms with Crippen molar-refractivity contribution >= 4 is 23.2 Å². The summed E-state index contributed by atoms with van der Waals surface area (Å²) in [5.41, 5.74) is 1.47. The molecule has 5 heteroatoms. The fourth-order valence-electron chi connectivity index (χ4n) is 3.46. The monoisotopic (exact) mass is 356 g/mol. The predicted octanol–water partition coefficient (Wildman–Crippen LogP) is 3.93. The van der Waals surface area contributed by atoms with Gasteiger partial charge in [-0.15, -0.1) is 11.3 Å². The van der Waals surface area contributed by atoms with Gasteiger partial charge in [0.2, 0.25) is 5.91 Å². The van der Waals surface area contributed by atoms with Gasteiger partial charge >= 0.3 is 0 Å². The van der Waals surface area contributed by atoms with Gasteiger partial charge in [-0.3, -0.25) is 9.59 Å². The number of thiophene rings is 1. The van der Waals surface area contributed by atoms with Crippen molar-refractivity contribution in [2.75, 3.05) is 6.54 Å². The van der Waals surface area contributed by atoms with E-state index in [-0.39, 0.29) is 17.9 Å². The average molecular weight is 356 g/mol. The highest BCUT2D eigenvalue weighted by Gasteiger charge is 2.39. The highest BCUT2D eigenvalue weighted by atomic mass is 32.1. The van der Waals surface area contributed by atoms with Crippen LogP contribution in [0.4, 0.5) is 0 Å². The molecule has 0 aliphatic carbocycles. The summed E-state index contributed by atoms with van der Waals surface area (Å²) < 4.78 is 0. The number of aryl methyl sites for hydroxylation is 1. The van der Waals surface area contributed by atoms with Crippen molar-refractivity contribution in [3.63, 3.8) is 0 Å². The molecule has 0 radical (unpaired) electrons. The minimum atomic E-state index is -0.938. The van der Waals surface area contributed by atoms with E-state index in [1.807, 2.05) is 28.5 Å². The number of amides is 2. The van der Waals surface area contributed by atoms with Crippen molar-refractivity contribution in [2.45, 2.75) is 45.2 Å². The molecular formula is C20H24N2O2S. The number of benzene rings is 1. The number of nitrogens with one attached hydrogen (secondary N) is 1. The molecule has 132 valence electrons. The fraction of sp³-hybridized carbons (Fsp3) is 0.400. The molecule has 1 saturated heterocycles. The lowest BCUT2D eigenvalue weighted by Gasteiger charge is -2.34. The highest BCUT2D eigenvalue weighted by molar-refractivity contribution is 7.12. The first-order valence-corrected chi connectivity index (χ1v) is 9.51. The van der Waals surface area contributed by atoms with E-state index < -0.39 is 5.54 Å². The minimum Gasteiger partial charge on any atom is -0.337 e. The van der Waals surface area contributed by atoms with Crippen LogP contribution in [0.3, 0.4) is 0 Å². The summed E-state index contributed by atoms with van der Waals surface area (Å²) >= 11 is 1.38. The molecule has 0 unspecified atom stereocenters. The van der Waals surface area contributed by atoms with E-state index in [9.17, 15) is 9.59 Å². The minimum absolute atomic E-state index is 0.0249. The van der Waals surface area contributed by atoms with Gasteiger partial charge in [0.25, 0.3) is 5.91 Å². The van der Waals surface area contributed by atoms with E-state index in [1.165, 1.54) is 22.5 Å². The number of hydrogen-bond donors (Lipinski definition) is 1. The Morgan fingerprint density at radius 1 is 1.20 bits per heavy atom. The number of carbonyl (C=O) groups excluding carboxylic acids is 2. The van der Waals surface area contributed by atoms with Crippen molar-refractivity contribution in [1.82, 2.24) is 10.2 Å². The molecule has 2 amide bonds. The average Bonchev–Trinajstić information content (AvgIpc) is 3.26. The molecule has 3 rings (SSSR count). The molecule has 25 heavy (non-hydrogen) atoms. The van der Waals surface area contributed by atoms with Gasteiger partial charge in [-0.2, -0.15) is 0 Å². The van der Waals surface area contributed by atoms with Crippen molar-refractivity contribution in [3.05, 3.63) is 57.8 Å². The Labute approximate surface area is 152 Å². The van der Waals surface area contributed by atoms with Crippen molar-refractivity contribution in [2.24, 2.45) is 0 Å². The summed E-state index contributed by atoms with van der Waals surface area (Å²) in [5.74, 6) is -0.219. The first-order valence-electron chi connectivity index (χ1n) is 8.63. The van der Waals surface area contributed by atoms with Crippen LogP contribution < -0.4 is 5.32 Å². The molecule has 1 aliphatic rings. The Hall–Kier alpha value is -2.14. The molecule has 1 aromatic carbocycles. The van der Waals surface area contributed by atoms with Crippen LogP contribution in [-0.2, 0) is 4.79 Å². The maximum absolute atomic E-state index is 13.2. The number of carbonyl (C=O) groups is 2. The second-order valence-corrected chi connectivity index (χ2v) is 8.02. The van der Waals surface area contributed by atoms with Crippen molar-refractivity contribution in [1.29, 1.82) is 0 Å². The summed E-state index contributed by atoms with van der Waals surface area (Å²) in [6.07, 6.45) is 1.95. The zero-order chi connectivity index (χ0) is 18.0. The van der Waals surface area contributed by atoms with Crippen molar-refractivity contribution < 1.29 is 9.59 Å². The molecule has 2 heterocycles. The Balaban J connectivity index is 1.78. The molecule has 2 aromatic rings. The molecule has 0 saturated carbocycles. The Bertz CT molecular complexity index is 768. The smallest absolute Gasteiger partial charge is 0.262 e. The summed E-state index contributed by atoms with van der Waals surface area (Å²) in [5, 5.41) is 4.76. The topological polar surface area (TPSA) is 49.4 Å². The molecule has 1 fully saturated rings. The highest BCUT2D eigenvalue weighted by Crippen LogP contribution is 2.35. The zero-order valence-electron chi connectivity index (χ0n) is 14.9. The maximum atomic E-state index is 13.2. The van der Waals surface area contributed by atoms with E-state index >= 15 is 0 Å². The largest absolute Gasteiger partial charge is 0.337 e. The molecule has 1 N–H and O–H groups in total. The second kappa shape index (κ2) is 7.00. The first-order chi connectivity index (χ1) is 11.9. The summed E-state index contributed by atoms with van der Waals surface area (Å²) in [7, 11) is 0. The standard InChI is InChI=1S/C20H24N2O2S/c1-14-8-4-5-9-15(14)16-10-6-12-22(16)19(24)20(2,3)21-18(23)17-11-7-13-25-17/h4-5,7-9,11,13,16H,6,10,12H2,1-3H3,(H,21,23)/t16-/m1/s1. The van der Waals surface area contributed by atoms with Crippen LogP contribution in [0.15, 0.2) is 41.8 Å². The second-order valence-electron chi connectivity index (χ2n) is 7.07. The van der Waals surface area contributed by atoms with E-state index in [1.54, 1.807) is 19.9 Å². The molecule has 4 nitrogen and oxygen atoms in total. The van der Waals surface area contributed by atoms with Crippen LogP contribution in [0.25, 0.3) is 0 Å². The Morgan fingerprint density at radius 2 is 1.96 bits per heavy atom. The maximum Gasteiger partial charge on any atom is 0.262 e. The SMILES string of the molecule is Cc1ccccc1[C@H]1CCCN1C(=O)C(C)(C)NC(=O)c1cccs1. The third kappa shape index (κ3) is 3.61. The van der Waals surface area contributed by atoms with Gasteiger partial charge in [0.1, 0.15) is 5.54 Å². The molecule has 1 atom stereocenters. The van der Waals surface area contributed by atoms with Crippen LogP contribution in [0, 0.1) is 6.92 Å². The van der Waals surface area contributed by atoms with E-state index in [4.69, 9.17) is 0 Å². The third-order valence-electron chi connectivity index (χ3n) is 4.77. The van der Waals surface area contributed by atoms with Crippen LogP contribution in [0.2, 0.25) is 0 Å². The van der Waals surface area contributed by atoms with Gasteiger partial charge in [0.15, 0.2) is 0 Å². The normalized spacial score (nSPS) is 17.6. The van der Waals surface area contributed by atoms with Gasteiger partial charge < -0.3 is 10.2 Å². The molecule has 1 aliphatic heterocycles. The molecule has 0 spiro atoms. The van der Waals surface area contributed by atoms with E-state index in [0.717, 1.165) is 19.4 Å². The van der Waals surface area contributed by atoms with Gasteiger partial charge in [-0.1, -0.05) is 30.3 Å². The van der Waals surface area contributed by atoms with Crippen LogP contribution in [0.5, 0.6) is 0 Å². The molecular weight excluding hydrogens is 332 g/mol. The van der Waals surface area contributed by atoms with Crippen LogP contribution >= 0.6 is 11.3 Å². The first kappa shape index (κ1) is 17.7. The van der Waals surface area contributed by atoms with E-state index in [0.29, 0.717) is 4.88 Å². The number of hydrogen-bond acceptors (Lipinski definition) is 3. The molecule has 0 bridgehead atoms.